The largest absolute Gasteiger partial charge is 0.489 e. The molecule has 4 aromatic rings. The zero-order valence-electron chi connectivity index (χ0n) is 17.2. The summed E-state index contributed by atoms with van der Waals surface area (Å²) >= 11 is 0. The number of aromatic nitrogens is 3. The van der Waals surface area contributed by atoms with Crippen molar-refractivity contribution in [1.82, 2.24) is 14.5 Å². The van der Waals surface area contributed by atoms with Crippen molar-refractivity contribution in [3.8, 4) is 5.95 Å². The van der Waals surface area contributed by atoms with E-state index in [0.29, 0.717) is 18.0 Å². The van der Waals surface area contributed by atoms with Crippen molar-refractivity contribution in [1.29, 1.82) is 0 Å². The third-order valence-electron chi connectivity index (χ3n) is 5.08. The first-order chi connectivity index (χ1) is 14.5. The van der Waals surface area contributed by atoms with Crippen LogP contribution >= 0.6 is 0 Å². The van der Waals surface area contributed by atoms with Crippen molar-refractivity contribution in [2.75, 3.05) is 24.3 Å². The molecule has 0 fully saturated rings. The summed E-state index contributed by atoms with van der Waals surface area (Å²) in [6.45, 7) is 2.60. The predicted molar refractivity (Wildman–Crippen MR) is 122 cm³/mol. The van der Waals surface area contributed by atoms with Crippen LogP contribution in [0.25, 0.3) is 16.9 Å². The van der Waals surface area contributed by atoms with Crippen LogP contribution in [-0.4, -0.2) is 45.8 Å². The summed E-state index contributed by atoms with van der Waals surface area (Å²) in [5, 5.41) is 23.6. The van der Waals surface area contributed by atoms with Crippen LogP contribution in [0, 0.1) is 6.92 Å². The highest BCUT2D eigenvalue weighted by Gasteiger charge is 2.19. The Balaban J connectivity index is 1.78. The molecule has 0 saturated carbocycles. The maximum atomic E-state index is 9.71. The number of anilines is 2. The average molecular weight is 401 g/mol. The van der Waals surface area contributed by atoms with Crippen molar-refractivity contribution < 1.29 is 10.0 Å². The number of benzene rings is 2. The van der Waals surface area contributed by atoms with Gasteiger partial charge in [-0.15, -0.1) is 0 Å². The molecule has 0 atom stereocenters. The second-order valence-corrected chi connectivity index (χ2v) is 7.41. The first-order valence-electron chi connectivity index (χ1n) is 9.75. The van der Waals surface area contributed by atoms with Crippen molar-refractivity contribution >= 4 is 35.0 Å². The lowest BCUT2D eigenvalue weighted by Gasteiger charge is -2.18. The van der Waals surface area contributed by atoms with E-state index < -0.39 is 7.12 Å². The van der Waals surface area contributed by atoms with Gasteiger partial charge in [-0.05, 0) is 30.1 Å². The normalized spacial score (nSPS) is 11.0. The molecule has 0 aliphatic carbocycles. The fraction of sp³-hybridized carbons (Fsp3) is 0.182. The molecule has 2 aromatic heterocycles. The topological polar surface area (TPSA) is 86.4 Å². The van der Waals surface area contributed by atoms with Gasteiger partial charge in [0.25, 0.3) is 0 Å². The van der Waals surface area contributed by atoms with E-state index in [1.165, 1.54) is 0 Å². The van der Waals surface area contributed by atoms with Gasteiger partial charge in [0.1, 0.15) is 0 Å². The molecule has 4 rings (SSSR count). The predicted octanol–water partition coefficient (Wildman–Crippen LogP) is 2.09. The minimum Gasteiger partial charge on any atom is -0.423 e. The molecule has 152 valence electrons. The van der Waals surface area contributed by atoms with Gasteiger partial charge >= 0.3 is 7.12 Å². The lowest BCUT2D eigenvalue weighted by atomic mass is 9.78. The summed E-state index contributed by atoms with van der Waals surface area (Å²) in [7, 11) is 2.37. The van der Waals surface area contributed by atoms with E-state index in [4.69, 9.17) is 4.98 Å². The molecule has 3 N–H and O–H groups in total. The van der Waals surface area contributed by atoms with Crippen molar-refractivity contribution in [2.24, 2.45) is 0 Å². The molecule has 0 aliphatic heterocycles. The minimum absolute atomic E-state index is 0.460. The SMILES string of the molecule is Cc1cc2c(B(O)O)cccc2n1-c1ncc(N(C)C)c(NCc2ccccc2)n1. The molecule has 0 unspecified atom stereocenters. The van der Waals surface area contributed by atoms with Gasteiger partial charge in [0.05, 0.1) is 17.4 Å². The third kappa shape index (κ3) is 3.75. The second-order valence-electron chi connectivity index (χ2n) is 7.41. The lowest BCUT2D eigenvalue weighted by molar-refractivity contribution is 0.426. The average Bonchev–Trinajstić information content (AvgIpc) is 3.08. The summed E-state index contributed by atoms with van der Waals surface area (Å²) in [4.78, 5) is 11.4. The molecule has 8 heteroatoms. The monoisotopic (exact) mass is 401 g/mol. The van der Waals surface area contributed by atoms with Gasteiger partial charge in [0.15, 0.2) is 5.82 Å². The number of fused-ring (bicyclic) bond motifs is 1. The van der Waals surface area contributed by atoms with Gasteiger partial charge in [-0.2, -0.15) is 4.98 Å². The van der Waals surface area contributed by atoms with Gasteiger partial charge in [-0.1, -0.05) is 42.5 Å². The molecule has 0 radical (unpaired) electrons. The van der Waals surface area contributed by atoms with Crippen molar-refractivity contribution in [2.45, 2.75) is 13.5 Å². The summed E-state index contributed by atoms with van der Waals surface area (Å²) in [5.74, 6) is 1.25. The summed E-state index contributed by atoms with van der Waals surface area (Å²) in [5.41, 5.74) is 4.23. The van der Waals surface area contributed by atoms with Crippen LogP contribution in [0.15, 0.2) is 60.8 Å². The zero-order valence-corrected chi connectivity index (χ0v) is 17.2. The van der Waals surface area contributed by atoms with Gasteiger partial charge in [-0.25, -0.2) is 4.98 Å². The number of rotatable bonds is 6. The number of nitrogens with one attached hydrogen (secondary N) is 1. The Hall–Kier alpha value is -3.36. The van der Waals surface area contributed by atoms with Crippen LogP contribution in [0.1, 0.15) is 11.3 Å². The highest BCUT2D eigenvalue weighted by Crippen LogP contribution is 2.26. The second kappa shape index (κ2) is 8.18. The van der Waals surface area contributed by atoms with E-state index in [1.54, 1.807) is 18.3 Å². The molecule has 0 saturated heterocycles. The number of nitrogens with zero attached hydrogens (tertiary/aromatic N) is 4. The molecule has 2 heterocycles. The Morgan fingerprint density at radius 2 is 1.83 bits per heavy atom. The zero-order chi connectivity index (χ0) is 21.3. The quantitative estimate of drug-likeness (QED) is 0.429. The van der Waals surface area contributed by atoms with Crippen LogP contribution in [0.4, 0.5) is 11.5 Å². The van der Waals surface area contributed by atoms with Crippen LogP contribution in [0.2, 0.25) is 0 Å². The maximum absolute atomic E-state index is 9.71. The molecule has 7 nitrogen and oxygen atoms in total. The highest BCUT2D eigenvalue weighted by molar-refractivity contribution is 6.61. The van der Waals surface area contributed by atoms with E-state index in [-0.39, 0.29) is 0 Å². The number of aryl methyl sites for hydroxylation is 1. The van der Waals surface area contributed by atoms with Gasteiger partial charge in [0, 0.05) is 31.7 Å². The van der Waals surface area contributed by atoms with Crippen molar-refractivity contribution in [3.63, 3.8) is 0 Å². The Kier molecular flexibility index (Phi) is 5.43. The van der Waals surface area contributed by atoms with Crippen LogP contribution in [-0.2, 0) is 6.54 Å². The van der Waals surface area contributed by atoms with Gasteiger partial charge < -0.3 is 20.3 Å². The van der Waals surface area contributed by atoms with Crippen molar-refractivity contribution in [3.05, 3.63) is 72.1 Å². The first-order valence-corrected chi connectivity index (χ1v) is 9.75. The van der Waals surface area contributed by atoms with E-state index in [9.17, 15) is 10.0 Å². The van der Waals surface area contributed by atoms with E-state index in [1.807, 2.05) is 60.8 Å². The smallest absolute Gasteiger partial charge is 0.423 e. The van der Waals surface area contributed by atoms with Gasteiger partial charge in [-0.3, -0.25) is 4.57 Å². The molecule has 0 amide bonds. The fourth-order valence-corrected chi connectivity index (χ4v) is 3.59. The molecule has 0 bridgehead atoms. The molecule has 0 spiro atoms. The fourth-order valence-electron chi connectivity index (χ4n) is 3.59. The van der Waals surface area contributed by atoms with E-state index in [2.05, 4.69) is 22.4 Å². The van der Waals surface area contributed by atoms with Gasteiger partial charge in [0.2, 0.25) is 5.95 Å². The summed E-state index contributed by atoms with van der Waals surface area (Å²) in [6.07, 6.45) is 1.80. The molecule has 0 aliphatic rings. The summed E-state index contributed by atoms with van der Waals surface area (Å²) < 4.78 is 1.92. The van der Waals surface area contributed by atoms with Crippen LogP contribution in [0.5, 0.6) is 0 Å². The van der Waals surface area contributed by atoms with Crippen LogP contribution < -0.4 is 15.7 Å². The number of hydrogen-bond donors (Lipinski definition) is 3. The Labute approximate surface area is 175 Å². The standard InChI is InChI=1S/C22H24BN5O2/c1-15-12-17-18(23(29)30)10-7-11-19(17)28(15)22-25-14-20(27(2)3)21(26-22)24-13-16-8-5-4-6-9-16/h4-12,14,29-30H,13H2,1-3H3,(H,24,25,26). The van der Waals surface area contributed by atoms with Crippen LogP contribution in [0.3, 0.4) is 0 Å². The Bertz CT molecular complexity index is 1180. The molecular formula is C22H24BN5O2. The molecule has 30 heavy (non-hydrogen) atoms. The number of hydrogen-bond acceptors (Lipinski definition) is 6. The Morgan fingerprint density at radius 3 is 2.53 bits per heavy atom. The highest BCUT2D eigenvalue weighted by atomic mass is 16.4. The maximum Gasteiger partial charge on any atom is 0.489 e. The first kappa shape index (κ1) is 19.9. The van der Waals surface area contributed by atoms with E-state index >= 15 is 0 Å². The lowest BCUT2D eigenvalue weighted by Crippen LogP contribution is -2.30. The molecule has 2 aromatic carbocycles. The Morgan fingerprint density at radius 1 is 1.07 bits per heavy atom. The van der Waals surface area contributed by atoms with E-state index in [0.717, 1.165) is 33.7 Å². The third-order valence-corrected chi connectivity index (χ3v) is 5.08. The summed E-state index contributed by atoms with van der Waals surface area (Å²) in [6, 6.07) is 17.5. The molecular weight excluding hydrogens is 377 g/mol. The minimum atomic E-state index is -1.54.